The van der Waals surface area contributed by atoms with Crippen LogP contribution in [-0.4, -0.2) is 77.8 Å². The van der Waals surface area contributed by atoms with Crippen molar-refractivity contribution in [1.29, 1.82) is 0 Å². The summed E-state index contributed by atoms with van der Waals surface area (Å²) in [7, 11) is 0. The van der Waals surface area contributed by atoms with Crippen molar-refractivity contribution < 1.29 is 103 Å². The minimum atomic E-state index is -1.04. The molecule has 2 saturated heterocycles. The first kappa shape index (κ1) is 52.1. The van der Waals surface area contributed by atoms with Crippen LogP contribution in [0.1, 0.15) is 117 Å². The molecule has 2 aromatic heterocycles. The number of Topliss-reactive ketones (excluding diaryl/α,β-unsaturated/α-hetero) is 3. The van der Waals surface area contributed by atoms with Gasteiger partial charge in [-0.2, -0.15) is 0 Å². The van der Waals surface area contributed by atoms with Gasteiger partial charge in [-0.15, -0.1) is 18.8 Å². The third-order valence-corrected chi connectivity index (χ3v) is 10.7. The molecule has 1 N–H and O–H groups in total. The van der Waals surface area contributed by atoms with Gasteiger partial charge in [0.05, 0.1) is 37.6 Å². The fraction of sp³-hybridized carbons (Fsp3) is 0.196. The van der Waals surface area contributed by atoms with Gasteiger partial charge in [0.1, 0.15) is 10.2 Å². The Bertz CT molecular complexity index is 2700. The number of hydrogen-bond donors (Lipinski definition) is 1. The molecule has 344 valence electrons. The van der Waals surface area contributed by atoms with Gasteiger partial charge >= 0.3 is 19.8 Å². The van der Waals surface area contributed by atoms with E-state index in [4.69, 9.17) is 38.0 Å². The number of rotatable bonds is 2. The summed E-state index contributed by atoms with van der Waals surface area (Å²) in [6.45, 7) is 6.90. The van der Waals surface area contributed by atoms with Crippen LogP contribution in [0.15, 0.2) is 98.2 Å². The Kier molecular flexibility index (Phi) is 17.3. The number of carbonyl (C=O) groups excluding carboxylic acids is 7. The Balaban J connectivity index is 0.000000193. The molecular weight excluding hydrogens is 1030 g/mol. The predicted octanol–water partition coefficient (Wildman–Crippen LogP) is 7.29. The summed E-state index contributed by atoms with van der Waals surface area (Å²) in [5.74, 6) is -1.89. The number of aliphatic hydroxyl groups excluding tert-OH is 1. The van der Waals surface area contributed by atoms with E-state index in [1.807, 2.05) is 0 Å². The molecule has 5 aliphatic rings. The topological polar surface area (TPSA) is 220 Å². The van der Waals surface area contributed by atoms with Gasteiger partial charge in [0, 0.05) is 64.3 Å². The first-order chi connectivity index (χ1) is 30.1. The number of hydrogen-bond acceptors (Lipinski definition) is 15. The van der Waals surface area contributed by atoms with Crippen molar-refractivity contribution in [2.75, 3.05) is 26.4 Å². The molecule has 0 atom stereocenters. The van der Waals surface area contributed by atoms with Crippen molar-refractivity contribution >= 4 is 74.6 Å². The monoisotopic (exact) mass is 1070 g/mol. The average molecular weight is 1070 g/mol. The second kappa shape index (κ2) is 21.6. The van der Waals surface area contributed by atoms with Crippen LogP contribution in [0.2, 0.25) is 0 Å². The summed E-state index contributed by atoms with van der Waals surface area (Å²) in [6, 6.07) is 22.6. The molecule has 4 heterocycles. The molecule has 3 aliphatic carbocycles. The third kappa shape index (κ3) is 10.3. The van der Waals surface area contributed by atoms with Gasteiger partial charge in [0.25, 0.3) is 0 Å². The van der Waals surface area contributed by atoms with E-state index in [2.05, 4.69) is 37.8 Å². The van der Waals surface area contributed by atoms with Crippen molar-refractivity contribution in [2.24, 2.45) is 0 Å². The van der Waals surface area contributed by atoms with Gasteiger partial charge in [0.2, 0.25) is 34.7 Å². The molecule has 0 bridgehead atoms. The molecule has 0 saturated carbocycles. The number of fused-ring (bicyclic) bond motifs is 5. The quantitative estimate of drug-likeness (QED) is 0.0778. The van der Waals surface area contributed by atoms with Crippen LogP contribution in [0.4, 0.5) is 0 Å². The molecular formula is C46H34BrClCu2O15. The second-order valence-corrected chi connectivity index (χ2v) is 14.8. The minimum absolute atomic E-state index is 0. The number of allylic oxidation sites excluding steroid dienone is 1. The van der Waals surface area contributed by atoms with E-state index < -0.39 is 23.1 Å². The first-order valence-electron chi connectivity index (χ1n) is 18.7. The van der Waals surface area contributed by atoms with Crippen molar-refractivity contribution in [3.8, 4) is 12.3 Å². The Morgan fingerprint density at radius 1 is 0.615 bits per heavy atom. The Morgan fingerprint density at radius 3 is 1.43 bits per heavy atom. The van der Waals surface area contributed by atoms with Crippen LogP contribution in [0.3, 0.4) is 0 Å². The van der Waals surface area contributed by atoms with E-state index in [9.17, 15) is 38.7 Å². The molecule has 2 aliphatic heterocycles. The zero-order valence-corrected chi connectivity index (χ0v) is 38.3. The van der Waals surface area contributed by atoms with Gasteiger partial charge in [-0.25, -0.2) is 0 Å². The predicted molar refractivity (Wildman–Crippen MR) is 225 cm³/mol. The van der Waals surface area contributed by atoms with E-state index in [1.54, 1.807) is 86.6 Å². The Hall–Kier alpha value is -5.54. The number of terminal acetylenes is 1. The molecule has 0 amide bonds. The van der Waals surface area contributed by atoms with Gasteiger partial charge in [-0.05, 0) is 40.9 Å². The number of ketones is 7. The molecule has 19 heteroatoms. The van der Waals surface area contributed by atoms with Crippen molar-refractivity contribution in [3.05, 3.63) is 157 Å². The van der Waals surface area contributed by atoms with Gasteiger partial charge < -0.3 is 32.9 Å². The van der Waals surface area contributed by atoms with Crippen molar-refractivity contribution in [3.63, 3.8) is 0 Å². The summed E-state index contributed by atoms with van der Waals surface area (Å²) < 4.78 is 39.6. The standard InChI is InChI=1S/C16H12O5.C14H8O4.C10H5BrO3.C6H8O2.ClH.2Cu.O/c1-16(19-6-7-20-16)12-8-11-13(17)9-4-2-3-5-10(9)14(18)15(11)21-12;1-7(15)11-6-10-12(16)8-4-2-3-5-9(8)13(17)14(10)18-11;11-7-8(12)5-3-1-2-4-6(5)9(13)10(7)14;1-3-6(2)7-4-5-8-6;;;;/h2-5,8H,6-7H2,1H3;2-6H,1H3;1-4,12H;1H,4-5H2,2H3;1H;;;. The fourth-order valence-corrected chi connectivity index (χ4v) is 7.13. The van der Waals surface area contributed by atoms with Crippen LogP contribution >= 0.6 is 28.3 Å². The van der Waals surface area contributed by atoms with Crippen LogP contribution in [0.5, 0.6) is 0 Å². The van der Waals surface area contributed by atoms with E-state index in [-0.39, 0.29) is 103 Å². The molecule has 5 aromatic rings. The molecule has 2 fully saturated rings. The Morgan fingerprint density at radius 2 is 1.00 bits per heavy atom. The van der Waals surface area contributed by atoms with E-state index in [0.29, 0.717) is 60.0 Å². The molecule has 65 heavy (non-hydrogen) atoms. The summed E-state index contributed by atoms with van der Waals surface area (Å²) in [5, 5.41) is 9.58. The normalized spacial score (nSPS) is 16.5. The maximum atomic E-state index is 12.5. The zero-order chi connectivity index (χ0) is 45.8. The molecule has 1 radical (unpaired) electrons. The van der Waals surface area contributed by atoms with Crippen molar-refractivity contribution in [2.45, 2.75) is 32.3 Å². The molecule has 0 unspecified atom stereocenters. The molecule has 0 spiro atoms. The molecule has 15 nitrogen and oxygen atoms in total. The van der Waals surface area contributed by atoms with E-state index in [0.717, 1.165) is 0 Å². The number of carbonyl (C=O) groups is 7. The van der Waals surface area contributed by atoms with Crippen molar-refractivity contribution in [1.82, 2.24) is 0 Å². The number of furan rings is 2. The van der Waals surface area contributed by atoms with Gasteiger partial charge in [0.15, 0.2) is 40.4 Å². The molecule has 10 rings (SSSR count). The molecule has 3 aromatic carbocycles. The van der Waals surface area contributed by atoms with E-state index in [1.165, 1.54) is 19.1 Å². The third-order valence-electron chi connectivity index (χ3n) is 9.97. The summed E-state index contributed by atoms with van der Waals surface area (Å²) >= 11 is 5.83. The zero-order valence-electron chi connectivity index (χ0n) is 34.0. The maximum absolute atomic E-state index is 12.5. The average Bonchev–Trinajstić information content (AvgIpc) is 4.15. The van der Waals surface area contributed by atoms with Gasteiger partial charge in [-0.3, -0.25) is 33.6 Å². The van der Waals surface area contributed by atoms with Crippen LogP contribution in [-0.2, 0) is 66.4 Å². The first-order valence-corrected chi connectivity index (χ1v) is 19.9. The summed E-state index contributed by atoms with van der Waals surface area (Å²) in [5.41, 5.74) is 2.53. The summed E-state index contributed by atoms with van der Waals surface area (Å²) in [4.78, 5) is 83.2. The van der Waals surface area contributed by atoms with E-state index >= 15 is 0 Å². The number of ether oxygens (including phenoxy) is 4. The Labute approximate surface area is 403 Å². The number of halogens is 2. The fourth-order valence-electron chi connectivity index (χ4n) is 6.74. The van der Waals surface area contributed by atoms with Gasteiger partial charge in [-0.1, -0.05) is 72.8 Å². The van der Waals surface area contributed by atoms with Crippen LogP contribution in [0, 0.1) is 12.3 Å². The van der Waals surface area contributed by atoms with Crippen LogP contribution in [0.25, 0.3) is 5.76 Å². The second-order valence-electron chi connectivity index (χ2n) is 14.0. The SMILES string of the molecule is C#CC1(C)OCCO1.CC(=O)c1cc2c(o1)C(=O)c1ccccc1C2=O.CC1(c2cc3c(o2)C(=O)c2ccccc2C3=O)OCCO1.Cl.O=C1C(=O)c2ccccc2C(O)=C1Br.[Cu].[O]=[Cu]. The summed E-state index contributed by atoms with van der Waals surface area (Å²) in [6.07, 6.45) is 5.07. The number of aliphatic hydroxyl groups is 1. The number of benzene rings is 3. The van der Waals surface area contributed by atoms with Crippen LogP contribution < -0.4 is 0 Å².